The third-order valence-corrected chi connectivity index (χ3v) is 3.33. The molecular formula is C16H24N2O3. The summed E-state index contributed by atoms with van der Waals surface area (Å²) in [5.41, 5.74) is 2.06. The highest BCUT2D eigenvalue weighted by atomic mass is 16.6. The van der Waals surface area contributed by atoms with E-state index in [1.807, 2.05) is 26.8 Å². The van der Waals surface area contributed by atoms with E-state index in [0.29, 0.717) is 6.54 Å². The first kappa shape index (κ1) is 15.5. The van der Waals surface area contributed by atoms with Gasteiger partial charge in [-0.1, -0.05) is 6.07 Å². The van der Waals surface area contributed by atoms with E-state index in [4.69, 9.17) is 9.47 Å². The van der Waals surface area contributed by atoms with Crippen molar-refractivity contribution < 1.29 is 14.3 Å². The lowest BCUT2D eigenvalue weighted by Crippen LogP contribution is -2.37. The van der Waals surface area contributed by atoms with E-state index in [9.17, 15) is 4.79 Å². The number of alkyl carbamates (subject to hydrolysis) is 1. The molecule has 0 fully saturated rings. The van der Waals surface area contributed by atoms with Crippen LogP contribution in [0.5, 0.6) is 5.75 Å². The van der Waals surface area contributed by atoms with E-state index in [-0.39, 0.29) is 6.09 Å². The van der Waals surface area contributed by atoms with Crippen LogP contribution in [0, 0.1) is 0 Å². The summed E-state index contributed by atoms with van der Waals surface area (Å²) < 4.78 is 10.5. The number of benzene rings is 1. The van der Waals surface area contributed by atoms with Gasteiger partial charge in [0, 0.05) is 31.4 Å². The van der Waals surface area contributed by atoms with Crippen molar-refractivity contribution in [2.75, 3.05) is 31.6 Å². The first-order chi connectivity index (χ1) is 9.89. The van der Waals surface area contributed by atoms with Gasteiger partial charge in [-0.2, -0.15) is 0 Å². The molecule has 1 N–H and O–H groups in total. The van der Waals surface area contributed by atoms with Gasteiger partial charge in [0.25, 0.3) is 0 Å². The molecule has 2 rings (SSSR count). The summed E-state index contributed by atoms with van der Waals surface area (Å²) in [5.74, 6) is 0.862. The number of hydrogen-bond donors (Lipinski definition) is 1. The predicted molar refractivity (Wildman–Crippen MR) is 83.1 cm³/mol. The highest BCUT2D eigenvalue weighted by Gasteiger charge is 2.20. The van der Waals surface area contributed by atoms with Gasteiger partial charge < -0.3 is 19.7 Å². The zero-order valence-electron chi connectivity index (χ0n) is 13.2. The van der Waals surface area contributed by atoms with Gasteiger partial charge in [0.1, 0.15) is 11.4 Å². The topological polar surface area (TPSA) is 50.8 Å². The molecule has 5 nitrogen and oxygen atoms in total. The molecule has 0 saturated heterocycles. The van der Waals surface area contributed by atoms with Crippen LogP contribution in [0.3, 0.4) is 0 Å². The van der Waals surface area contributed by atoms with E-state index < -0.39 is 5.60 Å². The maximum atomic E-state index is 11.6. The quantitative estimate of drug-likeness (QED) is 0.926. The van der Waals surface area contributed by atoms with E-state index in [0.717, 1.165) is 25.3 Å². The van der Waals surface area contributed by atoms with Gasteiger partial charge >= 0.3 is 6.09 Å². The summed E-state index contributed by atoms with van der Waals surface area (Å²) in [7, 11) is 1.67. The van der Waals surface area contributed by atoms with Gasteiger partial charge in [-0.25, -0.2) is 4.79 Å². The van der Waals surface area contributed by atoms with Crippen LogP contribution >= 0.6 is 0 Å². The molecule has 5 heteroatoms. The number of methoxy groups -OCH3 is 1. The molecule has 1 aliphatic rings. The van der Waals surface area contributed by atoms with Crippen molar-refractivity contribution in [2.45, 2.75) is 32.8 Å². The average molecular weight is 292 g/mol. The second-order valence-corrected chi connectivity index (χ2v) is 6.16. The minimum absolute atomic E-state index is 0.368. The van der Waals surface area contributed by atoms with E-state index in [1.54, 1.807) is 7.11 Å². The van der Waals surface area contributed by atoms with E-state index in [2.05, 4.69) is 22.3 Å². The van der Waals surface area contributed by atoms with Crippen molar-refractivity contribution in [2.24, 2.45) is 0 Å². The van der Waals surface area contributed by atoms with Crippen LogP contribution in [-0.2, 0) is 11.2 Å². The van der Waals surface area contributed by atoms with Crippen molar-refractivity contribution in [1.82, 2.24) is 5.32 Å². The van der Waals surface area contributed by atoms with Crippen molar-refractivity contribution in [3.05, 3.63) is 23.8 Å². The lowest BCUT2D eigenvalue weighted by molar-refractivity contribution is 0.0529. The Morgan fingerprint density at radius 1 is 1.38 bits per heavy atom. The Labute approximate surface area is 126 Å². The molecule has 1 amide bonds. The van der Waals surface area contributed by atoms with Gasteiger partial charge in [-0.05, 0) is 38.8 Å². The molecule has 0 aliphatic carbocycles. The third kappa shape index (κ3) is 4.28. The molecule has 116 valence electrons. The average Bonchev–Trinajstić information content (AvgIpc) is 2.79. The van der Waals surface area contributed by atoms with Crippen LogP contribution in [-0.4, -0.2) is 38.4 Å². The van der Waals surface area contributed by atoms with E-state index >= 15 is 0 Å². The molecule has 1 aliphatic heterocycles. The standard InChI is InChI=1S/C16H24N2O3/c1-16(2,3)21-15(19)17-8-10-18-9-7-12-5-6-13(20-4)11-14(12)18/h5-6,11H,7-10H2,1-4H3,(H,17,19). The highest BCUT2D eigenvalue weighted by molar-refractivity contribution is 5.68. The number of rotatable bonds is 4. The third-order valence-electron chi connectivity index (χ3n) is 3.33. The van der Waals surface area contributed by atoms with Crippen LogP contribution in [0.15, 0.2) is 18.2 Å². The SMILES string of the molecule is COc1ccc2c(c1)N(CCNC(=O)OC(C)(C)C)CC2. The molecule has 0 bridgehead atoms. The number of nitrogens with zero attached hydrogens (tertiary/aromatic N) is 1. The van der Waals surface area contributed by atoms with Crippen LogP contribution in [0.2, 0.25) is 0 Å². The molecule has 1 heterocycles. The monoisotopic (exact) mass is 292 g/mol. The van der Waals surface area contributed by atoms with Gasteiger partial charge in [-0.15, -0.1) is 0 Å². The zero-order valence-corrected chi connectivity index (χ0v) is 13.2. The highest BCUT2D eigenvalue weighted by Crippen LogP contribution is 2.31. The Bertz CT molecular complexity index is 509. The summed E-state index contributed by atoms with van der Waals surface area (Å²) >= 11 is 0. The number of anilines is 1. The lowest BCUT2D eigenvalue weighted by Gasteiger charge is -2.22. The zero-order chi connectivity index (χ0) is 15.5. The van der Waals surface area contributed by atoms with Crippen LogP contribution < -0.4 is 15.0 Å². The Balaban J connectivity index is 1.85. The normalized spacial score (nSPS) is 13.8. The molecular weight excluding hydrogens is 268 g/mol. The number of amides is 1. The van der Waals surface area contributed by atoms with Crippen LogP contribution in [0.1, 0.15) is 26.3 Å². The van der Waals surface area contributed by atoms with Crippen molar-refractivity contribution >= 4 is 11.8 Å². The summed E-state index contributed by atoms with van der Waals surface area (Å²) in [6, 6.07) is 6.15. The Morgan fingerprint density at radius 2 is 2.14 bits per heavy atom. The largest absolute Gasteiger partial charge is 0.497 e. The van der Waals surface area contributed by atoms with Gasteiger partial charge in [0.05, 0.1) is 7.11 Å². The Hall–Kier alpha value is -1.91. The van der Waals surface area contributed by atoms with E-state index in [1.165, 1.54) is 11.3 Å². The fourth-order valence-corrected chi connectivity index (χ4v) is 2.39. The lowest BCUT2D eigenvalue weighted by atomic mass is 10.1. The molecule has 1 aromatic carbocycles. The predicted octanol–water partition coefficient (Wildman–Crippen LogP) is 2.58. The number of carbonyl (C=O) groups is 1. The molecule has 0 atom stereocenters. The van der Waals surface area contributed by atoms with Crippen LogP contribution in [0.4, 0.5) is 10.5 Å². The number of fused-ring (bicyclic) bond motifs is 1. The summed E-state index contributed by atoms with van der Waals surface area (Å²) in [5, 5.41) is 2.79. The van der Waals surface area contributed by atoms with Crippen LogP contribution in [0.25, 0.3) is 0 Å². The summed E-state index contributed by atoms with van der Waals surface area (Å²) in [6.07, 6.45) is 0.665. The van der Waals surface area contributed by atoms with Gasteiger partial charge in [0.2, 0.25) is 0 Å². The molecule has 21 heavy (non-hydrogen) atoms. The van der Waals surface area contributed by atoms with Crippen molar-refractivity contribution in [3.63, 3.8) is 0 Å². The molecule has 1 aromatic rings. The number of nitrogens with one attached hydrogen (secondary N) is 1. The van der Waals surface area contributed by atoms with Crippen molar-refractivity contribution in [3.8, 4) is 5.75 Å². The maximum absolute atomic E-state index is 11.6. The van der Waals surface area contributed by atoms with Crippen molar-refractivity contribution in [1.29, 1.82) is 0 Å². The first-order valence-electron chi connectivity index (χ1n) is 7.28. The molecule has 0 aromatic heterocycles. The van der Waals surface area contributed by atoms with Gasteiger partial charge in [-0.3, -0.25) is 0 Å². The Morgan fingerprint density at radius 3 is 2.81 bits per heavy atom. The number of hydrogen-bond acceptors (Lipinski definition) is 4. The minimum atomic E-state index is -0.461. The summed E-state index contributed by atoms with van der Waals surface area (Å²) in [4.78, 5) is 13.9. The second kappa shape index (κ2) is 6.24. The maximum Gasteiger partial charge on any atom is 0.407 e. The molecule has 0 unspecified atom stereocenters. The molecule has 0 saturated carbocycles. The fourth-order valence-electron chi connectivity index (χ4n) is 2.39. The smallest absolute Gasteiger partial charge is 0.407 e. The molecule has 0 spiro atoms. The minimum Gasteiger partial charge on any atom is -0.497 e. The first-order valence-corrected chi connectivity index (χ1v) is 7.28. The number of carbonyl (C=O) groups excluding carboxylic acids is 1. The number of ether oxygens (including phenoxy) is 2. The molecule has 0 radical (unpaired) electrons. The summed E-state index contributed by atoms with van der Waals surface area (Å²) in [6.45, 7) is 7.87. The second-order valence-electron chi connectivity index (χ2n) is 6.16. The fraction of sp³-hybridized carbons (Fsp3) is 0.562. The van der Waals surface area contributed by atoms with Gasteiger partial charge in [0.15, 0.2) is 0 Å². The Kier molecular flexibility index (Phi) is 4.60.